The zero-order chi connectivity index (χ0) is 15.1. The molecule has 21 heavy (non-hydrogen) atoms. The molecule has 0 N–H and O–H groups in total. The number of pyridine rings is 1. The largest absolute Gasteiger partial charge is 0.338 e. The highest BCUT2D eigenvalue weighted by atomic mass is 16.2. The van der Waals surface area contributed by atoms with E-state index in [1.54, 1.807) is 4.68 Å². The Balaban J connectivity index is 2.09. The number of nitrogens with zero attached hydrogens (tertiary/aromatic N) is 4. The van der Waals surface area contributed by atoms with Crippen LogP contribution in [0.25, 0.3) is 11.0 Å². The fourth-order valence-electron chi connectivity index (χ4n) is 3.28. The Bertz CT molecular complexity index is 704. The van der Waals surface area contributed by atoms with Gasteiger partial charge in [-0.3, -0.25) is 9.48 Å². The first kappa shape index (κ1) is 14.0. The molecular weight excluding hydrogens is 264 g/mol. The summed E-state index contributed by atoms with van der Waals surface area (Å²) in [6.07, 6.45) is 2.30. The molecule has 1 saturated heterocycles. The molecule has 0 aliphatic carbocycles. The summed E-state index contributed by atoms with van der Waals surface area (Å²) >= 11 is 0. The molecule has 1 aliphatic heterocycles. The zero-order valence-corrected chi connectivity index (χ0v) is 13.2. The van der Waals surface area contributed by atoms with E-state index in [9.17, 15) is 4.79 Å². The second-order valence-corrected chi connectivity index (χ2v) is 6.22. The van der Waals surface area contributed by atoms with Crippen LogP contribution in [-0.2, 0) is 7.05 Å². The molecule has 5 nitrogen and oxygen atoms in total. The smallest absolute Gasteiger partial charge is 0.254 e. The van der Waals surface area contributed by atoms with E-state index in [0.717, 1.165) is 47.5 Å². The van der Waals surface area contributed by atoms with Crippen molar-refractivity contribution in [2.75, 3.05) is 13.1 Å². The van der Waals surface area contributed by atoms with E-state index in [1.807, 2.05) is 31.9 Å². The van der Waals surface area contributed by atoms with Gasteiger partial charge in [-0.25, -0.2) is 4.98 Å². The fourth-order valence-corrected chi connectivity index (χ4v) is 3.28. The number of fused-ring (bicyclic) bond motifs is 1. The van der Waals surface area contributed by atoms with Crippen LogP contribution in [-0.4, -0.2) is 38.7 Å². The van der Waals surface area contributed by atoms with Crippen LogP contribution in [0.5, 0.6) is 0 Å². The Morgan fingerprint density at radius 3 is 2.86 bits per heavy atom. The summed E-state index contributed by atoms with van der Waals surface area (Å²) in [6.45, 7) is 7.78. The highest BCUT2D eigenvalue weighted by Crippen LogP contribution is 2.25. The predicted octanol–water partition coefficient (Wildman–Crippen LogP) is 2.46. The lowest BCUT2D eigenvalue weighted by Crippen LogP contribution is -2.39. The lowest BCUT2D eigenvalue weighted by atomic mass is 9.99. The number of carbonyl (C=O) groups is 1. The van der Waals surface area contributed by atoms with Crippen LogP contribution in [0.2, 0.25) is 0 Å². The fraction of sp³-hybridized carbons (Fsp3) is 0.562. The second kappa shape index (κ2) is 5.13. The summed E-state index contributed by atoms with van der Waals surface area (Å²) in [5.41, 5.74) is 3.27. The number of aryl methyl sites for hydroxylation is 3. The van der Waals surface area contributed by atoms with Crippen molar-refractivity contribution in [2.45, 2.75) is 33.6 Å². The first-order valence-electron chi connectivity index (χ1n) is 7.57. The molecule has 3 heterocycles. The summed E-state index contributed by atoms with van der Waals surface area (Å²) in [5.74, 6) is 0.698. The van der Waals surface area contributed by atoms with Gasteiger partial charge in [-0.15, -0.1) is 0 Å². The molecule has 0 aromatic carbocycles. The number of likely N-dealkylation sites (tertiary alicyclic amines) is 1. The van der Waals surface area contributed by atoms with Gasteiger partial charge in [0.05, 0.1) is 16.6 Å². The van der Waals surface area contributed by atoms with Crippen LogP contribution >= 0.6 is 0 Å². The standard InChI is InChI=1S/C16H22N4O/c1-10-6-5-7-20(9-10)16(21)13-8-11(2)17-15-14(13)12(3)18-19(15)4/h8,10H,5-7,9H2,1-4H3/t10-/m0/s1. The molecule has 2 aromatic heterocycles. The number of amides is 1. The molecule has 3 rings (SSSR count). The van der Waals surface area contributed by atoms with E-state index in [2.05, 4.69) is 17.0 Å². The van der Waals surface area contributed by atoms with Gasteiger partial charge in [0.2, 0.25) is 0 Å². The maximum absolute atomic E-state index is 12.9. The quantitative estimate of drug-likeness (QED) is 0.809. The molecule has 1 fully saturated rings. The van der Waals surface area contributed by atoms with E-state index in [-0.39, 0.29) is 5.91 Å². The summed E-state index contributed by atoms with van der Waals surface area (Å²) < 4.78 is 1.76. The normalized spacial score (nSPS) is 19.2. The van der Waals surface area contributed by atoms with Crippen molar-refractivity contribution in [3.05, 3.63) is 23.0 Å². The van der Waals surface area contributed by atoms with Crippen molar-refractivity contribution in [3.63, 3.8) is 0 Å². The maximum Gasteiger partial charge on any atom is 0.254 e. The Morgan fingerprint density at radius 2 is 2.14 bits per heavy atom. The second-order valence-electron chi connectivity index (χ2n) is 6.22. The highest BCUT2D eigenvalue weighted by molar-refractivity contribution is 6.06. The molecule has 2 aromatic rings. The summed E-state index contributed by atoms with van der Waals surface area (Å²) in [4.78, 5) is 19.4. The molecule has 0 unspecified atom stereocenters. The number of piperidine rings is 1. The SMILES string of the molecule is Cc1cc(C(=O)N2CCC[C@H](C)C2)c2c(C)nn(C)c2n1. The van der Waals surface area contributed by atoms with Crippen LogP contribution in [0, 0.1) is 19.8 Å². The average Bonchev–Trinajstić information content (AvgIpc) is 2.72. The van der Waals surface area contributed by atoms with E-state index in [0.29, 0.717) is 5.92 Å². The molecule has 0 saturated carbocycles. The van der Waals surface area contributed by atoms with Gasteiger partial charge < -0.3 is 4.90 Å². The monoisotopic (exact) mass is 286 g/mol. The number of aromatic nitrogens is 3. The van der Waals surface area contributed by atoms with Gasteiger partial charge in [-0.05, 0) is 38.7 Å². The van der Waals surface area contributed by atoms with Crippen LogP contribution in [0.4, 0.5) is 0 Å². The highest BCUT2D eigenvalue weighted by Gasteiger charge is 2.25. The van der Waals surface area contributed by atoms with Gasteiger partial charge in [0.1, 0.15) is 0 Å². The van der Waals surface area contributed by atoms with Gasteiger partial charge in [-0.1, -0.05) is 6.92 Å². The van der Waals surface area contributed by atoms with Crippen molar-refractivity contribution in [1.82, 2.24) is 19.7 Å². The number of hydrogen-bond acceptors (Lipinski definition) is 3. The van der Waals surface area contributed by atoms with Crippen molar-refractivity contribution in [2.24, 2.45) is 13.0 Å². The topological polar surface area (TPSA) is 51.0 Å². The van der Waals surface area contributed by atoms with Crippen LogP contribution in [0.1, 0.15) is 41.5 Å². The van der Waals surface area contributed by atoms with Crippen molar-refractivity contribution >= 4 is 16.9 Å². The van der Waals surface area contributed by atoms with E-state index in [1.165, 1.54) is 6.42 Å². The summed E-state index contributed by atoms with van der Waals surface area (Å²) in [5, 5.41) is 5.31. The molecule has 5 heteroatoms. The van der Waals surface area contributed by atoms with Crippen molar-refractivity contribution < 1.29 is 4.79 Å². The molecule has 1 aliphatic rings. The molecule has 0 bridgehead atoms. The third-order valence-electron chi connectivity index (χ3n) is 4.27. The van der Waals surface area contributed by atoms with E-state index < -0.39 is 0 Å². The van der Waals surface area contributed by atoms with E-state index >= 15 is 0 Å². The summed E-state index contributed by atoms with van der Waals surface area (Å²) in [6, 6.07) is 1.90. The minimum Gasteiger partial charge on any atom is -0.338 e. The maximum atomic E-state index is 12.9. The Hall–Kier alpha value is -1.91. The van der Waals surface area contributed by atoms with E-state index in [4.69, 9.17) is 0 Å². The molecule has 0 spiro atoms. The molecule has 0 radical (unpaired) electrons. The third-order valence-corrected chi connectivity index (χ3v) is 4.27. The average molecular weight is 286 g/mol. The third kappa shape index (κ3) is 2.41. The molecular formula is C16H22N4O. The Kier molecular flexibility index (Phi) is 3.43. The Labute approximate surface area is 125 Å². The first-order chi connectivity index (χ1) is 9.97. The number of hydrogen-bond donors (Lipinski definition) is 0. The van der Waals surface area contributed by atoms with Gasteiger partial charge in [0, 0.05) is 25.8 Å². The van der Waals surface area contributed by atoms with Crippen LogP contribution in [0.3, 0.4) is 0 Å². The Morgan fingerprint density at radius 1 is 1.38 bits per heavy atom. The predicted molar refractivity (Wildman–Crippen MR) is 82.3 cm³/mol. The van der Waals surface area contributed by atoms with Crippen LogP contribution < -0.4 is 0 Å². The number of carbonyl (C=O) groups excluding carboxylic acids is 1. The minimum absolute atomic E-state index is 0.119. The number of rotatable bonds is 1. The molecule has 1 atom stereocenters. The van der Waals surface area contributed by atoms with Gasteiger partial charge in [0.15, 0.2) is 5.65 Å². The lowest BCUT2D eigenvalue weighted by Gasteiger charge is -2.31. The summed E-state index contributed by atoms with van der Waals surface area (Å²) in [7, 11) is 1.87. The lowest BCUT2D eigenvalue weighted by molar-refractivity contribution is 0.0685. The van der Waals surface area contributed by atoms with Crippen molar-refractivity contribution in [3.8, 4) is 0 Å². The minimum atomic E-state index is 0.119. The molecule has 1 amide bonds. The van der Waals surface area contributed by atoms with Gasteiger partial charge in [0.25, 0.3) is 5.91 Å². The first-order valence-corrected chi connectivity index (χ1v) is 7.57. The van der Waals surface area contributed by atoms with Crippen molar-refractivity contribution in [1.29, 1.82) is 0 Å². The van der Waals surface area contributed by atoms with Gasteiger partial charge in [-0.2, -0.15) is 5.10 Å². The zero-order valence-electron chi connectivity index (χ0n) is 13.2. The molecule has 112 valence electrons. The van der Waals surface area contributed by atoms with Gasteiger partial charge >= 0.3 is 0 Å². The van der Waals surface area contributed by atoms with Crippen LogP contribution in [0.15, 0.2) is 6.07 Å².